The maximum atomic E-state index is 7.32. The summed E-state index contributed by atoms with van der Waals surface area (Å²) < 4.78 is 0. The van der Waals surface area contributed by atoms with E-state index in [1.807, 2.05) is 0 Å². The van der Waals surface area contributed by atoms with Crippen LogP contribution in [0.2, 0.25) is 10.6 Å². The third-order valence-corrected chi connectivity index (χ3v) is 12.3. The van der Waals surface area contributed by atoms with E-state index in [4.69, 9.17) is 11.1 Å². The van der Waals surface area contributed by atoms with Crippen LogP contribution in [0.1, 0.15) is 40.0 Å². The molecule has 0 spiro atoms. The predicted molar refractivity (Wildman–Crippen MR) is 84.4 cm³/mol. The lowest BCUT2D eigenvalue weighted by Crippen LogP contribution is -2.45. The monoisotopic (exact) mass is 278 g/mol. The zero-order valence-electron chi connectivity index (χ0n) is 11.6. The lowest BCUT2D eigenvalue weighted by molar-refractivity contribution is 0.706. The third-order valence-electron chi connectivity index (χ3n) is 4.06. The topological polar surface area (TPSA) is 0 Å². The highest BCUT2D eigenvalue weighted by molar-refractivity contribution is 7.26. The van der Waals surface area contributed by atoms with Gasteiger partial charge >= 0.3 is 0 Å². The van der Waals surface area contributed by atoms with E-state index in [2.05, 4.69) is 63.3 Å². The molecule has 0 saturated heterocycles. The minimum absolute atomic E-state index is 0.186. The lowest BCUT2D eigenvalue weighted by atomic mass is 10.2. The Balaban J connectivity index is 2.40. The van der Waals surface area contributed by atoms with E-state index in [1.165, 1.54) is 5.20 Å². The summed E-state index contributed by atoms with van der Waals surface area (Å²) in [6.07, 6.45) is 19.0. The van der Waals surface area contributed by atoms with E-state index in [0.717, 1.165) is 19.3 Å². The van der Waals surface area contributed by atoms with Crippen LogP contribution in [0.15, 0.2) is 47.7 Å². The SMILES string of the molecule is CC(C)(C)[Si](Cl)(C1=CC=CCC1)C1C=CC=CC1. The molecule has 0 nitrogen and oxygen atoms in total. The van der Waals surface area contributed by atoms with Crippen molar-refractivity contribution in [3.63, 3.8) is 0 Å². The van der Waals surface area contributed by atoms with Crippen molar-refractivity contribution in [2.24, 2.45) is 0 Å². The van der Waals surface area contributed by atoms with Gasteiger partial charge < -0.3 is 0 Å². The molecule has 0 N–H and O–H groups in total. The van der Waals surface area contributed by atoms with Crippen molar-refractivity contribution in [3.8, 4) is 0 Å². The first kappa shape index (κ1) is 13.9. The summed E-state index contributed by atoms with van der Waals surface area (Å²) in [5.74, 6) is 0. The van der Waals surface area contributed by atoms with Gasteiger partial charge in [-0.05, 0) is 29.8 Å². The van der Waals surface area contributed by atoms with Crippen molar-refractivity contribution in [2.75, 3.05) is 0 Å². The molecule has 0 radical (unpaired) electrons. The standard InChI is InChI=1S/C16H23ClSi/c1-16(2,3)18(17,14-10-6-4-7-11-14)15-12-8-5-9-13-15/h4-8,10,12,14H,9,11,13H2,1-3H3. The number of hydrogen-bond donors (Lipinski definition) is 0. The molecule has 2 atom stereocenters. The van der Waals surface area contributed by atoms with Crippen LogP contribution >= 0.6 is 11.1 Å². The molecule has 2 rings (SSSR count). The maximum Gasteiger partial charge on any atom is 0.195 e. The molecule has 0 aromatic carbocycles. The van der Waals surface area contributed by atoms with Crippen LogP contribution in [-0.4, -0.2) is 7.38 Å². The Morgan fingerprint density at radius 1 is 1.17 bits per heavy atom. The van der Waals surface area contributed by atoms with Crippen LogP contribution in [0.4, 0.5) is 0 Å². The summed E-state index contributed by atoms with van der Waals surface area (Å²) >= 11 is 7.32. The fraction of sp³-hybridized carbons (Fsp3) is 0.500. The Bertz CT molecular complexity index is 423. The fourth-order valence-corrected chi connectivity index (χ4v) is 8.25. The average molecular weight is 279 g/mol. The second-order valence-corrected chi connectivity index (χ2v) is 12.4. The zero-order valence-corrected chi connectivity index (χ0v) is 13.4. The Morgan fingerprint density at radius 3 is 2.44 bits per heavy atom. The molecule has 0 aromatic rings. The van der Waals surface area contributed by atoms with Gasteiger partial charge in [-0.15, -0.1) is 0 Å². The van der Waals surface area contributed by atoms with Gasteiger partial charge in [-0.2, -0.15) is 11.1 Å². The quantitative estimate of drug-likeness (QED) is 0.451. The lowest BCUT2D eigenvalue weighted by Gasteiger charge is -2.44. The molecule has 0 amide bonds. The molecular weight excluding hydrogens is 256 g/mol. The van der Waals surface area contributed by atoms with E-state index in [0.29, 0.717) is 5.54 Å². The molecular formula is C16H23ClSi. The van der Waals surface area contributed by atoms with E-state index in [-0.39, 0.29) is 5.04 Å². The Hall–Kier alpha value is -0.533. The first-order valence-corrected chi connectivity index (χ1v) is 9.93. The van der Waals surface area contributed by atoms with E-state index in [1.54, 1.807) is 0 Å². The number of hydrogen-bond acceptors (Lipinski definition) is 0. The Kier molecular flexibility index (Phi) is 4.03. The van der Waals surface area contributed by atoms with Gasteiger partial charge in [0.15, 0.2) is 7.38 Å². The second-order valence-electron chi connectivity index (χ2n) is 6.28. The highest BCUT2D eigenvalue weighted by atomic mass is 35.6. The first-order valence-electron chi connectivity index (χ1n) is 6.84. The minimum Gasteiger partial charge on any atom is -0.160 e. The average Bonchev–Trinajstić information content (AvgIpc) is 2.38. The normalized spacial score (nSPS) is 26.9. The van der Waals surface area contributed by atoms with Crippen molar-refractivity contribution in [3.05, 3.63) is 47.7 Å². The van der Waals surface area contributed by atoms with Crippen molar-refractivity contribution in [1.29, 1.82) is 0 Å². The van der Waals surface area contributed by atoms with Crippen LogP contribution in [0.5, 0.6) is 0 Å². The smallest absolute Gasteiger partial charge is 0.160 e. The molecule has 0 fully saturated rings. The molecule has 2 aliphatic rings. The van der Waals surface area contributed by atoms with Gasteiger partial charge in [-0.1, -0.05) is 68.5 Å². The van der Waals surface area contributed by atoms with Crippen LogP contribution < -0.4 is 0 Å². The van der Waals surface area contributed by atoms with Crippen molar-refractivity contribution < 1.29 is 0 Å². The Morgan fingerprint density at radius 2 is 1.94 bits per heavy atom. The minimum atomic E-state index is -2.01. The fourth-order valence-electron chi connectivity index (χ4n) is 3.06. The van der Waals surface area contributed by atoms with Gasteiger partial charge in [0.2, 0.25) is 0 Å². The van der Waals surface area contributed by atoms with Gasteiger partial charge in [0.25, 0.3) is 0 Å². The molecule has 2 unspecified atom stereocenters. The van der Waals surface area contributed by atoms with Crippen LogP contribution in [-0.2, 0) is 0 Å². The molecule has 2 aliphatic carbocycles. The molecule has 0 aromatic heterocycles. The van der Waals surface area contributed by atoms with Crippen LogP contribution in [0.25, 0.3) is 0 Å². The molecule has 2 heteroatoms. The van der Waals surface area contributed by atoms with Gasteiger partial charge in [0.1, 0.15) is 0 Å². The van der Waals surface area contributed by atoms with Crippen molar-refractivity contribution in [1.82, 2.24) is 0 Å². The first-order chi connectivity index (χ1) is 8.46. The predicted octanol–water partition coefficient (Wildman–Crippen LogP) is 5.67. The molecule has 0 heterocycles. The number of rotatable bonds is 2. The van der Waals surface area contributed by atoms with Crippen molar-refractivity contribution >= 4 is 18.5 Å². The van der Waals surface area contributed by atoms with Gasteiger partial charge in [0, 0.05) is 0 Å². The van der Waals surface area contributed by atoms with E-state index < -0.39 is 7.38 Å². The highest BCUT2D eigenvalue weighted by Gasteiger charge is 2.50. The van der Waals surface area contributed by atoms with Crippen LogP contribution in [0, 0.1) is 0 Å². The summed E-state index contributed by atoms with van der Waals surface area (Å²) in [6, 6.07) is 0. The molecule has 0 saturated carbocycles. The van der Waals surface area contributed by atoms with Gasteiger partial charge in [0.05, 0.1) is 0 Å². The number of halogens is 1. The summed E-state index contributed by atoms with van der Waals surface area (Å²) in [4.78, 5) is 0. The summed E-state index contributed by atoms with van der Waals surface area (Å²) in [5, 5.41) is 1.72. The van der Waals surface area contributed by atoms with E-state index >= 15 is 0 Å². The Labute approximate surface area is 117 Å². The summed E-state index contributed by atoms with van der Waals surface area (Å²) in [5.41, 5.74) is 0.530. The molecule has 0 aliphatic heterocycles. The highest BCUT2D eigenvalue weighted by Crippen LogP contribution is 2.54. The molecule has 18 heavy (non-hydrogen) atoms. The van der Waals surface area contributed by atoms with Gasteiger partial charge in [-0.25, -0.2) is 0 Å². The van der Waals surface area contributed by atoms with Crippen molar-refractivity contribution in [2.45, 2.75) is 50.6 Å². The third kappa shape index (κ3) is 2.43. The maximum absolute atomic E-state index is 7.32. The molecule has 98 valence electrons. The van der Waals surface area contributed by atoms with E-state index in [9.17, 15) is 0 Å². The van der Waals surface area contributed by atoms with Gasteiger partial charge in [-0.3, -0.25) is 0 Å². The molecule has 0 bridgehead atoms. The zero-order chi connectivity index (χ0) is 13.2. The van der Waals surface area contributed by atoms with Crippen LogP contribution in [0.3, 0.4) is 0 Å². The summed E-state index contributed by atoms with van der Waals surface area (Å²) in [7, 11) is -2.01. The summed E-state index contributed by atoms with van der Waals surface area (Å²) in [6.45, 7) is 6.95. The second kappa shape index (κ2) is 5.22. The number of allylic oxidation sites excluding steroid dienone is 8. The largest absolute Gasteiger partial charge is 0.195 e.